The maximum Gasteiger partial charge on any atom is 0.163 e. The van der Waals surface area contributed by atoms with Crippen LogP contribution in [0.5, 0.6) is 0 Å². The second-order valence-electron chi connectivity index (χ2n) is 5.06. The third-order valence-corrected chi connectivity index (χ3v) is 3.39. The quantitative estimate of drug-likeness (QED) is 0.863. The van der Waals surface area contributed by atoms with Crippen molar-refractivity contribution in [2.24, 2.45) is 0 Å². The first-order valence-electron chi connectivity index (χ1n) is 6.81. The van der Waals surface area contributed by atoms with E-state index in [1.165, 1.54) is 17.2 Å². The number of hydrogen-bond acceptors (Lipinski definition) is 1. The lowest BCUT2D eigenvalue weighted by Gasteiger charge is -2.15. The summed E-state index contributed by atoms with van der Waals surface area (Å²) in [6, 6.07) is 12.4. The summed E-state index contributed by atoms with van der Waals surface area (Å²) in [4.78, 5) is 0. The number of rotatable bonds is 5. The fourth-order valence-corrected chi connectivity index (χ4v) is 2.27. The molecule has 106 valence electrons. The van der Waals surface area contributed by atoms with E-state index in [0.29, 0.717) is 5.56 Å². The molecule has 0 amide bonds. The van der Waals surface area contributed by atoms with Gasteiger partial charge in [0.15, 0.2) is 11.6 Å². The van der Waals surface area contributed by atoms with Crippen molar-refractivity contribution in [2.45, 2.75) is 26.3 Å². The minimum absolute atomic E-state index is 0.212. The molecule has 0 aliphatic carbocycles. The van der Waals surface area contributed by atoms with E-state index in [4.69, 9.17) is 0 Å². The minimum Gasteiger partial charge on any atom is -0.310 e. The third kappa shape index (κ3) is 3.64. The van der Waals surface area contributed by atoms with E-state index in [1.807, 2.05) is 13.0 Å². The van der Waals surface area contributed by atoms with Gasteiger partial charge in [-0.2, -0.15) is 0 Å². The van der Waals surface area contributed by atoms with Crippen LogP contribution in [-0.2, 0) is 6.42 Å². The molecule has 2 aromatic rings. The second kappa shape index (κ2) is 6.62. The van der Waals surface area contributed by atoms with E-state index in [0.717, 1.165) is 19.0 Å². The molecule has 0 spiro atoms. The molecule has 0 fully saturated rings. The Labute approximate surface area is 118 Å². The van der Waals surface area contributed by atoms with E-state index >= 15 is 0 Å². The molecule has 1 N–H and O–H groups in total. The van der Waals surface area contributed by atoms with Crippen LogP contribution in [0.4, 0.5) is 8.78 Å². The smallest absolute Gasteiger partial charge is 0.163 e. The van der Waals surface area contributed by atoms with Crippen LogP contribution in [-0.4, -0.2) is 6.54 Å². The van der Waals surface area contributed by atoms with Crippen molar-refractivity contribution < 1.29 is 8.78 Å². The van der Waals surface area contributed by atoms with E-state index in [9.17, 15) is 8.78 Å². The number of benzene rings is 2. The van der Waals surface area contributed by atoms with Gasteiger partial charge in [-0.15, -0.1) is 0 Å². The Morgan fingerprint density at radius 1 is 1.10 bits per heavy atom. The number of aryl methyl sites for hydroxylation is 1. The SMILES string of the molecule is Cc1cccc(CCNC(C)c2cccc(F)c2F)c1. The summed E-state index contributed by atoms with van der Waals surface area (Å²) in [5, 5.41) is 3.23. The first-order chi connectivity index (χ1) is 9.58. The predicted octanol–water partition coefficient (Wildman–Crippen LogP) is 4.17. The molecule has 20 heavy (non-hydrogen) atoms. The Morgan fingerprint density at radius 2 is 1.85 bits per heavy atom. The van der Waals surface area contributed by atoms with Crippen molar-refractivity contribution in [1.82, 2.24) is 5.32 Å². The lowest BCUT2D eigenvalue weighted by atomic mass is 10.1. The van der Waals surface area contributed by atoms with Gasteiger partial charge in [0.25, 0.3) is 0 Å². The van der Waals surface area contributed by atoms with Gasteiger partial charge in [0.05, 0.1) is 0 Å². The molecule has 1 unspecified atom stereocenters. The first kappa shape index (κ1) is 14.7. The van der Waals surface area contributed by atoms with Gasteiger partial charge >= 0.3 is 0 Å². The zero-order valence-electron chi connectivity index (χ0n) is 11.8. The molecule has 0 saturated heterocycles. The van der Waals surface area contributed by atoms with Gasteiger partial charge in [0.2, 0.25) is 0 Å². The molecule has 3 heteroatoms. The summed E-state index contributed by atoms with van der Waals surface area (Å²) in [6.07, 6.45) is 0.864. The Bertz CT molecular complexity index is 581. The molecule has 1 nitrogen and oxygen atoms in total. The van der Waals surface area contributed by atoms with Gasteiger partial charge in [-0.25, -0.2) is 8.78 Å². The second-order valence-corrected chi connectivity index (χ2v) is 5.06. The standard InChI is InChI=1S/C17H19F2N/c1-12-5-3-6-14(11-12)9-10-20-13(2)15-7-4-8-16(18)17(15)19/h3-8,11,13,20H,9-10H2,1-2H3. The Hall–Kier alpha value is -1.74. The van der Waals surface area contributed by atoms with Gasteiger partial charge in [0, 0.05) is 11.6 Å². The van der Waals surface area contributed by atoms with Gasteiger partial charge < -0.3 is 5.32 Å². The van der Waals surface area contributed by atoms with Gasteiger partial charge in [0.1, 0.15) is 0 Å². The summed E-state index contributed by atoms with van der Waals surface area (Å²) < 4.78 is 26.8. The van der Waals surface area contributed by atoms with Gasteiger partial charge in [-0.3, -0.25) is 0 Å². The fraction of sp³-hybridized carbons (Fsp3) is 0.294. The summed E-state index contributed by atoms with van der Waals surface area (Å²) in [5.41, 5.74) is 2.84. The number of nitrogens with one attached hydrogen (secondary N) is 1. The minimum atomic E-state index is -0.796. The summed E-state index contributed by atoms with van der Waals surface area (Å²) in [7, 11) is 0. The highest BCUT2D eigenvalue weighted by atomic mass is 19.2. The van der Waals surface area contributed by atoms with Crippen LogP contribution in [0.1, 0.15) is 29.7 Å². The van der Waals surface area contributed by atoms with Crippen LogP contribution in [0.25, 0.3) is 0 Å². The van der Waals surface area contributed by atoms with Crippen LogP contribution < -0.4 is 5.32 Å². The van der Waals surface area contributed by atoms with Crippen molar-refractivity contribution in [1.29, 1.82) is 0 Å². The van der Waals surface area contributed by atoms with Crippen molar-refractivity contribution in [3.05, 3.63) is 70.8 Å². The Kier molecular flexibility index (Phi) is 4.85. The highest BCUT2D eigenvalue weighted by Gasteiger charge is 2.13. The number of halogens is 2. The lowest BCUT2D eigenvalue weighted by Crippen LogP contribution is -2.22. The molecule has 0 aliphatic heterocycles. The lowest BCUT2D eigenvalue weighted by molar-refractivity contribution is 0.474. The van der Waals surface area contributed by atoms with E-state index in [1.54, 1.807) is 6.07 Å². The van der Waals surface area contributed by atoms with Crippen LogP contribution in [0.2, 0.25) is 0 Å². The maximum atomic E-state index is 13.6. The van der Waals surface area contributed by atoms with Crippen LogP contribution >= 0.6 is 0 Å². The molecule has 1 atom stereocenters. The molecule has 0 aromatic heterocycles. The predicted molar refractivity (Wildman–Crippen MR) is 77.7 cm³/mol. The number of hydrogen-bond donors (Lipinski definition) is 1. The molecular weight excluding hydrogens is 256 g/mol. The summed E-state index contributed by atoms with van der Waals surface area (Å²) in [5.74, 6) is -1.56. The highest BCUT2D eigenvalue weighted by molar-refractivity contribution is 5.23. The van der Waals surface area contributed by atoms with Crippen molar-refractivity contribution in [3.63, 3.8) is 0 Å². The maximum absolute atomic E-state index is 13.6. The molecular formula is C17H19F2N. The van der Waals surface area contributed by atoms with Crippen LogP contribution in [0.3, 0.4) is 0 Å². The van der Waals surface area contributed by atoms with Gasteiger partial charge in [-0.1, -0.05) is 42.0 Å². The zero-order valence-corrected chi connectivity index (χ0v) is 11.8. The molecule has 0 aliphatic rings. The topological polar surface area (TPSA) is 12.0 Å². The molecule has 0 radical (unpaired) electrons. The van der Waals surface area contributed by atoms with Crippen molar-refractivity contribution in [2.75, 3.05) is 6.54 Å². The molecule has 0 saturated carbocycles. The van der Waals surface area contributed by atoms with Crippen molar-refractivity contribution >= 4 is 0 Å². The monoisotopic (exact) mass is 275 g/mol. The average Bonchev–Trinajstić information content (AvgIpc) is 2.42. The van der Waals surface area contributed by atoms with E-state index in [-0.39, 0.29) is 6.04 Å². The summed E-state index contributed by atoms with van der Waals surface area (Å²) >= 11 is 0. The van der Waals surface area contributed by atoms with Crippen molar-refractivity contribution in [3.8, 4) is 0 Å². The Morgan fingerprint density at radius 3 is 2.60 bits per heavy atom. The van der Waals surface area contributed by atoms with Crippen LogP contribution in [0, 0.1) is 18.6 Å². The molecule has 0 bridgehead atoms. The summed E-state index contributed by atoms with van der Waals surface area (Å²) in [6.45, 7) is 4.62. The largest absolute Gasteiger partial charge is 0.310 e. The Balaban J connectivity index is 1.92. The highest BCUT2D eigenvalue weighted by Crippen LogP contribution is 2.18. The average molecular weight is 275 g/mol. The normalized spacial score (nSPS) is 12.4. The molecule has 2 rings (SSSR count). The fourth-order valence-electron chi connectivity index (χ4n) is 2.27. The zero-order chi connectivity index (χ0) is 14.5. The molecule has 2 aromatic carbocycles. The van der Waals surface area contributed by atoms with Crippen LogP contribution in [0.15, 0.2) is 42.5 Å². The first-order valence-corrected chi connectivity index (χ1v) is 6.81. The molecule has 0 heterocycles. The van der Waals surface area contributed by atoms with E-state index < -0.39 is 11.6 Å². The van der Waals surface area contributed by atoms with Gasteiger partial charge in [-0.05, 0) is 38.4 Å². The van der Waals surface area contributed by atoms with E-state index in [2.05, 4.69) is 30.4 Å². The third-order valence-electron chi connectivity index (χ3n) is 3.39.